The Hall–Kier alpha value is -2.26. The van der Waals surface area contributed by atoms with Gasteiger partial charge in [-0.15, -0.1) is 0 Å². The molecule has 0 aliphatic heterocycles. The van der Waals surface area contributed by atoms with Crippen molar-refractivity contribution < 1.29 is 18.3 Å². The Labute approximate surface area is 147 Å². The standard InChI is InChI=1S/C15H16ClF2N5O2/c16-11-4-1-8(12(19)6-25-15(24)22-9-2-3-9)5-10(11)13-20-7-21-23(13)14(17)18/h1,4-5,7,9,12,14H,2-3,6,19H2,(H,22,24)/t12-/m1/s1. The van der Waals surface area contributed by atoms with Crippen LogP contribution in [0.5, 0.6) is 0 Å². The summed E-state index contributed by atoms with van der Waals surface area (Å²) < 4.78 is 31.5. The van der Waals surface area contributed by atoms with Crippen LogP contribution in [-0.2, 0) is 4.74 Å². The van der Waals surface area contributed by atoms with Gasteiger partial charge >= 0.3 is 12.6 Å². The number of alkyl carbamates (subject to hydrolysis) is 1. The van der Waals surface area contributed by atoms with Gasteiger partial charge in [0.15, 0.2) is 5.82 Å². The molecule has 0 spiro atoms. The zero-order chi connectivity index (χ0) is 18.0. The number of ether oxygens (including phenoxy) is 1. The van der Waals surface area contributed by atoms with Crippen LogP contribution in [0.2, 0.25) is 5.02 Å². The minimum Gasteiger partial charge on any atom is -0.448 e. The monoisotopic (exact) mass is 371 g/mol. The van der Waals surface area contributed by atoms with Gasteiger partial charge in [-0.2, -0.15) is 18.6 Å². The lowest BCUT2D eigenvalue weighted by molar-refractivity contribution is 0.0582. The van der Waals surface area contributed by atoms with Gasteiger partial charge in [0, 0.05) is 11.6 Å². The highest BCUT2D eigenvalue weighted by atomic mass is 35.5. The van der Waals surface area contributed by atoms with Crippen LogP contribution in [0.15, 0.2) is 24.5 Å². The third kappa shape index (κ3) is 4.23. The van der Waals surface area contributed by atoms with Crippen molar-refractivity contribution in [3.63, 3.8) is 0 Å². The van der Waals surface area contributed by atoms with E-state index in [-0.39, 0.29) is 29.1 Å². The van der Waals surface area contributed by atoms with Crippen molar-refractivity contribution in [2.45, 2.75) is 31.5 Å². The molecule has 2 aromatic rings. The molecule has 1 saturated carbocycles. The predicted octanol–water partition coefficient (Wildman–Crippen LogP) is 2.88. The maximum Gasteiger partial charge on any atom is 0.407 e. The zero-order valence-corrected chi connectivity index (χ0v) is 13.8. The smallest absolute Gasteiger partial charge is 0.407 e. The topological polar surface area (TPSA) is 95.1 Å². The molecule has 134 valence electrons. The highest BCUT2D eigenvalue weighted by Crippen LogP contribution is 2.30. The fourth-order valence-corrected chi connectivity index (χ4v) is 2.43. The molecule has 7 nitrogen and oxygen atoms in total. The largest absolute Gasteiger partial charge is 0.448 e. The number of benzene rings is 1. The van der Waals surface area contributed by atoms with E-state index in [9.17, 15) is 13.6 Å². The first kappa shape index (κ1) is 17.6. The Morgan fingerprint density at radius 3 is 2.92 bits per heavy atom. The molecule has 1 heterocycles. The summed E-state index contributed by atoms with van der Waals surface area (Å²) in [6.07, 6.45) is 2.40. The van der Waals surface area contributed by atoms with Gasteiger partial charge in [0.1, 0.15) is 12.9 Å². The van der Waals surface area contributed by atoms with E-state index in [0.717, 1.165) is 19.2 Å². The maximum absolute atomic E-state index is 13.0. The van der Waals surface area contributed by atoms with Gasteiger partial charge < -0.3 is 15.8 Å². The summed E-state index contributed by atoms with van der Waals surface area (Å²) in [5, 5.41) is 6.40. The summed E-state index contributed by atoms with van der Waals surface area (Å²) in [6.45, 7) is -2.90. The SMILES string of the molecule is N[C@H](COC(=O)NC1CC1)c1ccc(Cl)c(-c2ncnn2C(F)F)c1. The number of amides is 1. The number of carbonyl (C=O) groups excluding carboxylic acids is 1. The first-order valence-electron chi connectivity index (χ1n) is 7.62. The Kier molecular flexibility index (Phi) is 5.14. The van der Waals surface area contributed by atoms with Gasteiger partial charge in [0.25, 0.3) is 0 Å². The predicted molar refractivity (Wildman–Crippen MR) is 86.2 cm³/mol. The van der Waals surface area contributed by atoms with E-state index in [2.05, 4.69) is 15.4 Å². The van der Waals surface area contributed by atoms with Crippen LogP contribution >= 0.6 is 11.6 Å². The van der Waals surface area contributed by atoms with E-state index < -0.39 is 18.7 Å². The molecule has 10 heteroatoms. The summed E-state index contributed by atoms with van der Waals surface area (Å²) in [6, 6.07) is 4.26. The third-order valence-corrected chi connectivity index (χ3v) is 4.04. The number of aromatic nitrogens is 3. The van der Waals surface area contributed by atoms with Crippen molar-refractivity contribution in [1.82, 2.24) is 20.1 Å². The van der Waals surface area contributed by atoms with Gasteiger partial charge in [0.05, 0.1) is 11.1 Å². The van der Waals surface area contributed by atoms with Crippen molar-refractivity contribution in [3.8, 4) is 11.4 Å². The lowest BCUT2D eigenvalue weighted by atomic mass is 10.0. The molecule has 1 aliphatic carbocycles. The van der Waals surface area contributed by atoms with Crippen molar-refractivity contribution in [1.29, 1.82) is 0 Å². The molecule has 25 heavy (non-hydrogen) atoms. The van der Waals surface area contributed by atoms with E-state index >= 15 is 0 Å². The summed E-state index contributed by atoms with van der Waals surface area (Å²) in [4.78, 5) is 15.4. The van der Waals surface area contributed by atoms with E-state index in [1.54, 1.807) is 6.07 Å². The first-order valence-corrected chi connectivity index (χ1v) is 8.00. The molecular formula is C15H16ClF2N5O2. The molecule has 0 unspecified atom stereocenters. The van der Waals surface area contributed by atoms with Gasteiger partial charge in [-0.25, -0.2) is 9.78 Å². The quantitative estimate of drug-likeness (QED) is 0.814. The van der Waals surface area contributed by atoms with Crippen LogP contribution in [-0.4, -0.2) is 33.5 Å². The molecular weight excluding hydrogens is 356 g/mol. The number of nitrogens with zero attached hydrogens (tertiary/aromatic N) is 3. The molecule has 0 saturated heterocycles. The summed E-state index contributed by atoms with van der Waals surface area (Å²) in [7, 11) is 0. The number of hydrogen-bond acceptors (Lipinski definition) is 5. The number of rotatable bonds is 6. The second-order valence-corrected chi connectivity index (χ2v) is 6.08. The lowest BCUT2D eigenvalue weighted by Crippen LogP contribution is -2.29. The van der Waals surface area contributed by atoms with Crippen LogP contribution in [0.3, 0.4) is 0 Å². The molecule has 1 fully saturated rings. The molecule has 0 bridgehead atoms. The number of nitrogens with two attached hydrogens (primary N) is 1. The van der Waals surface area contributed by atoms with Gasteiger partial charge in [-0.3, -0.25) is 0 Å². The van der Waals surface area contributed by atoms with Crippen LogP contribution in [0.4, 0.5) is 13.6 Å². The molecule has 1 aromatic carbocycles. The van der Waals surface area contributed by atoms with Crippen molar-refractivity contribution in [2.24, 2.45) is 5.73 Å². The van der Waals surface area contributed by atoms with Crippen LogP contribution in [0.1, 0.15) is 31.0 Å². The number of nitrogens with one attached hydrogen (secondary N) is 1. The van der Waals surface area contributed by atoms with Gasteiger partial charge in [0.2, 0.25) is 0 Å². The van der Waals surface area contributed by atoms with Crippen molar-refractivity contribution >= 4 is 17.7 Å². The molecule has 0 radical (unpaired) electrons. The highest BCUT2D eigenvalue weighted by molar-refractivity contribution is 6.33. The molecule has 3 N–H and O–H groups in total. The minimum atomic E-state index is -2.85. The first-order chi connectivity index (χ1) is 12.0. The molecule has 1 aromatic heterocycles. The van der Waals surface area contributed by atoms with E-state index in [4.69, 9.17) is 22.1 Å². The van der Waals surface area contributed by atoms with Gasteiger partial charge in [-0.1, -0.05) is 17.7 Å². The second kappa shape index (κ2) is 7.32. The number of hydrogen-bond donors (Lipinski definition) is 2. The number of halogens is 3. The van der Waals surface area contributed by atoms with Gasteiger partial charge in [-0.05, 0) is 30.5 Å². The average molecular weight is 372 g/mol. The van der Waals surface area contributed by atoms with Crippen LogP contribution < -0.4 is 11.1 Å². The highest BCUT2D eigenvalue weighted by Gasteiger charge is 2.24. The Bertz CT molecular complexity index is 766. The Morgan fingerprint density at radius 2 is 2.24 bits per heavy atom. The third-order valence-electron chi connectivity index (χ3n) is 3.71. The van der Waals surface area contributed by atoms with E-state index in [1.807, 2.05) is 0 Å². The summed E-state index contributed by atoms with van der Waals surface area (Å²) in [5.74, 6) is -0.0681. The lowest BCUT2D eigenvalue weighted by Gasteiger charge is -2.15. The summed E-state index contributed by atoms with van der Waals surface area (Å²) in [5.41, 5.74) is 6.87. The maximum atomic E-state index is 13.0. The molecule has 1 aliphatic rings. The second-order valence-electron chi connectivity index (χ2n) is 5.67. The normalized spacial score (nSPS) is 15.2. The van der Waals surface area contributed by atoms with Crippen LogP contribution in [0.25, 0.3) is 11.4 Å². The van der Waals surface area contributed by atoms with E-state index in [1.165, 1.54) is 12.1 Å². The fraction of sp³-hybridized carbons (Fsp3) is 0.400. The minimum absolute atomic E-state index is 0.0544. The molecule has 1 atom stereocenters. The fourth-order valence-electron chi connectivity index (χ4n) is 2.23. The van der Waals surface area contributed by atoms with Crippen molar-refractivity contribution in [2.75, 3.05) is 6.61 Å². The van der Waals surface area contributed by atoms with Crippen molar-refractivity contribution in [3.05, 3.63) is 35.1 Å². The molecule has 3 rings (SSSR count). The Balaban J connectivity index is 1.74. The average Bonchev–Trinajstić information content (AvgIpc) is 3.24. The molecule has 1 amide bonds. The zero-order valence-electron chi connectivity index (χ0n) is 13.0. The summed E-state index contributed by atoms with van der Waals surface area (Å²) >= 11 is 6.10. The van der Waals surface area contributed by atoms with E-state index in [0.29, 0.717) is 10.2 Å². The number of alkyl halides is 2. The van der Waals surface area contributed by atoms with Crippen LogP contribution in [0, 0.1) is 0 Å². The number of carbonyl (C=O) groups is 1. The Morgan fingerprint density at radius 1 is 1.48 bits per heavy atom.